The lowest BCUT2D eigenvalue weighted by atomic mass is 10.1. The molecule has 0 aliphatic carbocycles. The molecule has 0 saturated carbocycles. The van der Waals surface area contributed by atoms with Crippen molar-refractivity contribution in [1.82, 2.24) is 10.2 Å². The fourth-order valence-electron chi connectivity index (χ4n) is 2.22. The van der Waals surface area contributed by atoms with E-state index in [2.05, 4.69) is 10.2 Å². The Balaban J connectivity index is 1.73. The molecule has 0 amide bonds. The fourth-order valence-corrected chi connectivity index (χ4v) is 3.01. The maximum Gasteiger partial charge on any atom is 0.343 e. The minimum atomic E-state index is -3.18. The smallest absolute Gasteiger partial charge is 0.343 e. The molecule has 128 valence electrons. The van der Waals surface area contributed by atoms with Crippen LogP contribution in [0.1, 0.15) is 15.9 Å². The first-order valence-corrected chi connectivity index (χ1v) is 9.32. The van der Waals surface area contributed by atoms with E-state index in [4.69, 9.17) is 9.15 Å². The van der Waals surface area contributed by atoms with Gasteiger partial charge < -0.3 is 9.15 Å². The third-order valence-corrected chi connectivity index (χ3v) is 4.12. The van der Waals surface area contributed by atoms with Crippen LogP contribution in [-0.2, 0) is 15.6 Å². The first kappa shape index (κ1) is 16.8. The number of sulfone groups is 1. The van der Waals surface area contributed by atoms with Crippen LogP contribution in [0.25, 0.3) is 11.5 Å². The van der Waals surface area contributed by atoms with Crippen LogP contribution >= 0.6 is 0 Å². The molecule has 0 fully saturated rings. The lowest BCUT2D eigenvalue weighted by Gasteiger charge is -2.06. The summed E-state index contributed by atoms with van der Waals surface area (Å²) in [4.78, 5) is 12.2. The van der Waals surface area contributed by atoms with Gasteiger partial charge in [0.2, 0.25) is 12.3 Å². The van der Waals surface area contributed by atoms with Gasteiger partial charge in [0.25, 0.3) is 0 Å². The molecule has 0 atom stereocenters. The summed E-state index contributed by atoms with van der Waals surface area (Å²) in [5.74, 6) is 0.0153. The van der Waals surface area contributed by atoms with Crippen molar-refractivity contribution < 1.29 is 22.4 Å². The van der Waals surface area contributed by atoms with Crippen molar-refractivity contribution in [2.45, 2.75) is 5.75 Å². The molecule has 0 radical (unpaired) electrons. The first-order chi connectivity index (χ1) is 11.9. The minimum absolute atomic E-state index is 0.132. The van der Waals surface area contributed by atoms with Gasteiger partial charge in [0.1, 0.15) is 5.75 Å². The summed E-state index contributed by atoms with van der Waals surface area (Å²) in [5, 5.41) is 7.39. The van der Waals surface area contributed by atoms with Crippen LogP contribution in [0.15, 0.2) is 59.3 Å². The van der Waals surface area contributed by atoms with Gasteiger partial charge in [-0.05, 0) is 42.0 Å². The van der Waals surface area contributed by atoms with Crippen molar-refractivity contribution in [3.8, 4) is 17.2 Å². The van der Waals surface area contributed by atoms with E-state index in [-0.39, 0.29) is 11.3 Å². The van der Waals surface area contributed by atoms with E-state index in [0.29, 0.717) is 22.8 Å². The number of carbonyl (C=O) groups is 1. The third kappa shape index (κ3) is 4.51. The molecule has 0 aliphatic heterocycles. The van der Waals surface area contributed by atoms with Gasteiger partial charge in [-0.3, -0.25) is 0 Å². The zero-order valence-electron chi connectivity index (χ0n) is 13.2. The lowest BCUT2D eigenvalue weighted by molar-refractivity contribution is 0.0734. The normalized spacial score (nSPS) is 11.2. The van der Waals surface area contributed by atoms with E-state index in [9.17, 15) is 13.2 Å². The zero-order chi connectivity index (χ0) is 17.9. The van der Waals surface area contributed by atoms with E-state index in [0.717, 1.165) is 6.26 Å². The summed E-state index contributed by atoms with van der Waals surface area (Å²) >= 11 is 0. The van der Waals surface area contributed by atoms with Crippen molar-refractivity contribution in [2.75, 3.05) is 6.26 Å². The maximum absolute atomic E-state index is 12.2. The van der Waals surface area contributed by atoms with E-state index >= 15 is 0 Å². The number of esters is 1. The quantitative estimate of drug-likeness (QED) is 0.510. The van der Waals surface area contributed by atoms with Crippen LogP contribution in [-0.4, -0.2) is 30.8 Å². The van der Waals surface area contributed by atoms with Crippen LogP contribution in [0.4, 0.5) is 0 Å². The van der Waals surface area contributed by atoms with Crippen LogP contribution < -0.4 is 4.74 Å². The lowest BCUT2D eigenvalue weighted by Crippen LogP contribution is -2.09. The van der Waals surface area contributed by atoms with Crippen LogP contribution in [0.3, 0.4) is 0 Å². The van der Waals surface area contributed by atoms with Crippen LogP contribution in [0.5, 0.6) is 5.75 Å². The van der Waals surface area contributed by atoms with Gasteiger partial charge in [0, 0.05) is 11.8 Å². The SMILES string of the molecule is CS(=O)(=O)Cc1cccc(C(=O)Oc2ccc(-c3nnco3)cc2)c1. The highest BCUT2D eigenvalue weighted by Crippen LogP contribution is 2.21. The first-order valence-electron chi connectivity index (χ1n) is 7.26. The number of nitrogens with zero attached hydrogens (tertiary/aromatic N) is 2. The van der Waals surface area contributed by atoms with Gasteiger partial charge in [-0.1, -0.05) is 12.1 Å². The number of hydrogen-bond acceptors (Lipinski definition) is 7. The second-order valence-electron chi connectivity index (χ2n) is 5.43. The number of carbonyl (C=O) groups excluding carboxylic acids is 1. The average molecular weight is 358 g/mol. The Morgan fingerprint density at radius 2 is 1.92 bits per heavy atom. The van der Waals surface area contributed by atoms with E-state index < -0.39 is 15.8 Å². The van der Waals surface area contributed by atoms with Crippen LogP contribution in [0.2, 0.25) is 0 Å². The van der Waals surface area contributed by atoms with Gasteiger partial charge in [-0.2, -0.15) is 0 Å². The highest BCUT2D eigenvalue weighted by molar-refractivity contribution is 7.89. The van der Waals surface area contributed by atoms with Gasteiger partial charge >= 0.3 is 5.97 Å². The van der Waals surface area contributed by atoms with Crippen molar-refractivity contribution in [3.05, 3.63) is 66.1 Å². The molecule has 2 aromatic carbocycles. The molecule has 3 aromatic rings. The van der Waals surface area contributed by atoms with Crippen molar-refractivity contribution in [3.63, 3.8) is 0 Å². The zero-order valence-corrected chi connectivity index (χ0v) is 14.1. The highest BCUT2D eigenvalue weighted by Gasteiger charge is 2.12. The van der Waals surface area contributed by atoms with Gasteiger partial charge in [0.05, 0.1) is 11.3 Å². The number of benzene rings is 2. The van der Waals surface area contributed by atoms with E-state index in [1.807, 2.05) is 0 Å². The second kappa shape index (κ2) is 6.86. The predicted molar refractivity (Wildman–Crippen MR) is 89.7 cm³/mol. The Labute approximate surface area is 144 Å². The molecule has 0 unspecified atom stereocenters. The largest absolute Gasteiger partial charge is 0.423 e. The molecule has 0 bridgehead atoms. The summed E-state index contributed by atoms with van der Waals surface area (Å²) < 4.78 is 33.1. The molecule has 8 heteroatoms. The summed E-state index contributed by atoms with van der Waals surface area (Å²) in [6, 6.07) is 13.0. The number of aromatic nitrogens is 2. The Bertz CT molecular complexity index is 980. The molecule has 3 rings (SSSR count). The Morgan fingerprint density at radius 1 is 1.16 bits per heavy atom. The van der Waals surface area contributed by atoms with E-state index in [1.54, 1.807) is 42.5 Å². The molecular weight excluding hydrogens is 344 g/mol. The highest BCUT2D eigenvalue weighted by atomic mass is 32.2. The molecule has 1 aromatic heterocycles. The van der Waals surface area contributed by atoms with Crippen LogP contribution in [0, 0.1) is 0 Å². The monoisotopic (exact) mass is 358 g/mol. The third-order valence-electron chi connectivity index (χ3n) is 3.26. The average Bonchev–Trinajstić information content (AvgIpc) is 3.08. The summed E-state index contributed by atoms with van der Waals surface area (Å²) in [5.41, 5.74) is 1.51. The standard InChI is InChI=1S/C17H14N2O5S/c1-25(21,22)10-12-3-2-4-14(9-12)17(20)24-15-7-5-13(6-8-15)16-19-18-11-23-16/h2-9,11H,10H2,1H3. The Hall–Kier alpha value is -3.00. The molecule has 7 nitrogen and oxygen atoms in total. The molecule has 1 heterocycles. The number of rotatable bonds is 5. The topological polar surface area (TPSA) is 99.4 Å². The van der Waals surface area contributed by atoms with Crippen molar-refractivity contribution in [1.29, 1.82) is 0 Å². The van der Waals surface area contributed by atoms with Gasteiger partial charge in [-0.25, -0.2) is 13.2 Å². The molecule has 25 heavy (non-hydrogen) atoms. The van der Waals surface area contributed by atoms with Gasteiger partial charge in [0.15, 0.2) is 9.84 Å². The second-order valence-corrected chi connectivity index (χ2v) is 7.57. The predicted octanol–water partition coefficient (Wildman–Crippen LogP) is 2.50. The molecular formula is C17H14N2O5S. The summed E-state index contributed by atoms with van der Waals surface area (Å²) in [6.07, 6.45) is 2.37. The molecule has 0 aliphatic rings. The summed E-state index contributed by atoms with van der Waals surface area (Å²) in [6.45, 7) is 0. The van der Waals surface area contributed by atoms with Crippen molar-refractivity contribution >= 4 is 15.8 Å². The van der Waals surface area contributed by atoms with E-state index in [1.165, 1.54) is 12.5 Å². The van der Waals surface area contributed by atoms with Gasteiger partial charge in [-0.15, -0.1) is 10.2 Å². The number of hydrogen-bond donors (Lipinski definition) is 0. The molecule has 0 spiro atoms. The maximum atomic E-state index is 12.2. The molecule has 0 N–H and O–H groups in total. The fraction of sp³-hybridized carbons (Fsp3) is 0.118. The Morgan fingerprint density at radius 3 is 2.56 bits per heavy atom. The minimum Gasteiger partial charge on any atom is -0.423 e. The van der Waals surface area contributed by atoms with Crippen molar-refractivity contribution in [2.24, 2.45) is 0 Å². The number of ether oxygens (including phenoxy) is 1. The Kier molecular flexibility index (Phi) is 4.62. The summed E-state index contributed by atoms with van der Waals surface area (Å²) in [7, 11) is -3.18. The molecule has 0 saturated heterocycles.